The fraction of sp³-hybridized carbons (Fsp3) is 0.588. The lowest BCUT2D eigenvalue weighted by Crippen LogP contribution is -2.24. The third kappa shape index (κ3) is 4.45. The Hall–Kier alpha value is -1.59. The molecule has 1 fully saturated rings. The molecule has 1 aromatic carbocycles. The van der Waals surface area contributed by atoms with Crippen LogP contribution in [0.3, 0.4) is 0 Å². The molecule has 2 rings (SSSR count). The molecule has 1 N–H and O–H groups in total. The van der Waals surface area contributed by atoms with Crippen LogP contribution in [0.25, 0.3) is 0 Å². The number of carbonyl (C=O) groups is 1. The minimum Gasteiger partial charge on any atom is -0.497 e. The molecule has 1 saturated carbocycles. The zero-order valence-corrected chi connectivity index (χ0v) is 13.2. The van der Waals surface area contributed by atoms with Crippen molar-refractivity contribution in [2.75, 3.05) is 20.3 Å². The van der Waals surface area contributed by atoms with Gasteiger partial charge >= 0.3 is 5.97 Å². The predicted octanol–water partition coefficient (Wildman–Crippen LogP) is 2.16. The van der Waals surface area contributed by atoms with E-state index in [1.165, 1.54) is 0 Å². The summed E-state index contributed by atoms with van der Waals surface area (Å²) >= 11 is 0. The van der Waals surface area contributed by atoms with Gasteiger partial charge in [0.05, 0.1) is 39.0 Å². The highest BCUT2D eigenvalue weighted by Crippen LogP contribution is 2.33. The zero-order chi connectivity index (χ0) is 15.9. The molecule has 1 aliphatic rings. The second-order valence-electron chi connectivity index (χ2n) is 5.61. The van der Waals surface area contributed by atoms with E-state index in [-0.39, 0.29) is 17.8 Å². The Morgan fingerprint density at radius 1 is 1.27 bits per heavy atom. The molecule has 0 aliphatic heterocycles. The van der Waals surface area contributed by atoms with Gasteiger partial charge in [0.1, 0.15) is 5.75 Å². The van der Waals surface area contributed by atoms with Gasteiger partial charge in [0.25, 0.3) is 0 Å². The van der Waals surface area contributed by atoms with Crippen molar-refractivity contribution in [3.8, 4) is 5.75 Å². The highest BCUT2D eigenvalue weighted by atomic mass is 16.5. The Morgan fingerprint density at radius 3 is 2.64 bits per heavy atom. The van der Waals surface area contributed by atoms with Crippen LogP contribution in [0.1, 0.15) is 25.3 Å². The first-order valence-electron chi connectivity index (χ1n) is 7.69. The standard InChI is InChI=1S/C17H24O5/c1-3-22-17(19)16-9-14(18)8-13(16)11-21-10-12-4-6-15(20-2)7-5-12/h4-7,13-14,16,18H,3,8-11H2,1-2H3/t13-,14+,16+/m0/s1. The largest absolute Gasteiger partial charge is 0.497 e. The average Bonchev–Trinajstić information content (AvgIpc) is 2.89. The summed E-state index contributed by atoms with van der Waals surface area (Å²) < 4.78 is 15.9. The smallest absolute Gasteiger partial charge is 0.309 e. The van der Waals surface area contributed by atoms with Crippen LogP contribution in [0, 0.1) is 11.8 Å². The first-order chi connectivity index (χ1) is 10.6. The third-order valence-corrected chi connectivity index (χ3v) is 4.02. The number of esters is 1. The Labute approximate surface area is 131 Å². The number of ether oxygens (including phenoxy) is 3. The fourth-order valence-electron chi connectivity index (χ4n) is 2.87. The summed E-state index contributed by atoms with van der Waals surface area (Å²) in [6.45, 7) is 3.09. The van der Waals surface area contributed by atoms with Crippen molar-refractivity contribution in [1.29, 1.82) is 0 Å². The van der Waals surface area contributed by atoms with E-state index in [9.17, 15) is 9.90 Å². The van der Waals surface area contributed by atoms with Gasteiger partial charge in [-0.2, -0.15) is 0 Å². The van der Waals surface area contributed by atoms with E-state index in [4.69, 9.17) is 14.2 Å². The van der Waals surface area contributed by atoms with Crippen LogP contribution < -0.4 is 4.74 Å². The van der Waals surface area contributed by atoms with Crippen molar-refractivity contribution >= 4 is 5.97 Å². The summed E-state index contributed by atoms with van der Waals surface area (Å²) in [6, 6.07) is 7.68. The molecule has 0 radical (unpaired) electrons. The second kappa shape index (κ2) is 8.15. The molecule has 5 heteroatoms. The van der Waals surface area contributed by atoms with Gasteiger partial charge < -0.3 is 19.3 Å². The van der Waals surface area contributed by atoms with E-state index in [1.54, 1.807) is 14.0 Å². The van der Waals surface area contributed by atoms with Crippen molar-refractivity contribution < 1.29 is 24.1 Å². The number of methoxy groups -OCH3 is 1. The SMILES string of the molecule is CCOC(=O)[C@@H]1C[C@H](O)C[C@H]1COCc1ccc(OC)cc1. The normalized spacial score (nSPS) is 24.2. The minimum absolute atomic E-state index is 0.0206. The Bertz CT molecular complexity index is 470. The Balaban J connectivity index is 1.82. The van der Waals surface area contributed by atoms with Crippen molar-refractivity contribution in [3.05, 3.63) is 29.8 Å². The van der Waals surface area contributed by atoms with Gasteiger partial charge in [0, 0.05) is 0 Å². The van der Waals surface area contributed by atoms with Crippen LogP contribution in [-0.4, -0.2) is 37.5 Å². The van der Waals surface area contributed by atoms with E-state index >= 15 is 0 Å². The number of hydrogen-bond donors (Lipinski definition) is 1. The molecule has 0 unspecified atom stereocenters. The molecule has 3 atom stereocenters. The molecule has 0 saturated heterocycles. The van der Waals surface area contributed by atoms with Gasteiger partial charge in [0.15, 0.2) is 0 Å². The predicted molar refractivity (Wildman–Crippen MR) is 81.5 cm³/mol. The van der Waals surface area contributed by atoms with E-state index in [2.05, 4.69) is 0 Å². The summed E-state index contributed by atoms with van der Waals surface area (Å²) in [4.78, 5) is 11.9. The fourth-order valence-corrected chi connectivity index (χ4v) is 2.87. The van der Waals surface area contributed by atoms with Crippen LogP contribution >= 0.6 is 0 Å². The molecule has 22 heavy (non-hydrogen) atoms. The molecule has 0 aromatic heterocycles. The van der Waals surface area contributed by atoms with Crippen molar-refractivity contribution in [2.45, 2.75) is 32.5 Å². The van der Waals surface area contributed by atoms with Crippen LogP contribution in [0.5, 0.6) is 5.75 Å². The molecular weight excluding hydrogens is 284 g/mol. The molecule has 1 aromatic rings. The third-order valence-electron chi connectivity index (χ3n) is 4.02. The van der Waals surface area contributed by atoms with Crippen LogP contribution in [0.2, 0.25) is 0 Å². The molecule has 5 nitrogen and oxygen atoms in total. The zero-order valence-electron chi connectivity index (χ0n) is 13.2. The Kier molecular flexibility index (Phi) is 6.21. The van der Waals surface area contributed by atoms with E-state index in [0.717, 1.165) is 11.3 Å². The summed E-state index contributed by atoms with van der Waals surface area (Å²) in [5, 5.41) is 9.78. The molecule has 0 spiro atoms. The van der Waals surface area contributed by atoms with E-state index in [0.29, 0.717) is 32.7 Å². The van der Waals surface area contributed by atoms with Gasteiger partial charge in [-0.25, -0.2) is 0 Å². The number of carbonyl (C=O) groups excluding carboxylic acids is 1. The Morgan fingerprint density at radius 2 is 2.00 bits per heavy atom. The minimum atomic E-state index is -0.441. The first kappa shape index (κ1) is 16.8. The van der Waals surface area contributed by atoms with Crippen molar-refractivity contribution in [2.24, 2.45) is 11.8 Å². The summed E-state index contributed by atoms with van der Waals surface area (Å²) in [5.41, 5.74) is 1.05. The number of benzene rings is 1. The van der Waals surface area contributed by atoms with E-state index < -0.39 is 6.10 Å². The van der Waals surface area contributed by atoms with Crippen LogP contribution in [-0.2, 0) is 20.9 Å². The van der Waals surface area contributed by atoms with Crippen molar-refractivity contribution in [1.82, 2.24) is 0 Å². The highest BCUT2D eigenvalue weighted by Gasteiger charge is 2.38. The van der Waals surface area contributed by atoms with Crippen molar-refractivity contribution in [3.63, 3.8) is 0 Å². The molecule has 1 aliphatic carbocycles. The maximum atomic E-state index is 11.9. The van der Waals surface area contributed by atoms with Gasteiger partial charge in [0.2, 0.25) is 0 Å². The maximum Gasteiger partial charge on any atom is 0.309 e. The summed E-state index contributed by atoms with van der Waals surface area (Å²) in [6.07, 6.45) is 0.616. The molecule has 0 bridgehead atoms. The number of hydrogen-bond acceptors (Lipinski definition) is 5. The molecule has 122 valence electrons. The topological polar surface area (TPSA) is 65.0 Å². The summed E-state index contributed by atoms with van der Waals surface area (Å²) in [5.74, 6) is 0.347. The number of aliphatic hydroxyl groups is 1. The second-order valence-corrected chi connectivity index (χ2v) is 5.61. The lowest BCUT2D eigenvalue weighted by Gasteiger charge is -2.17. The van der Waals surface area contributed by atoms with Gasteiger partial charge in [-0.3, -0.25) is 4.79 Å². The van der Waals surface area contributed by atoms with Gasteiger partial charge in [-0.1, -0.05) is 12.1 Å². The molecular formula is C17H24O5. The first-order valence-corrected chi connectivity index (χ1v) is 7.69. The van der Waals surface area contributed by atoms with Crippen LogP contribution in [0.4, 0.5) is 0 Å². The van der Waals surface area contributed by atoms with Gasteiger partial charge in [-0.15, -0.1) is 0 Å². The van der Waals surface area contributed by atoms with Crippen LogP contribution in [0.15, 0.2) is 24.3 Å². The molecule has 0 amide bonds. The lowest BCUT2D eigenvalue weighted by molar-refractivity contribution is -0.150. The quantitative estimate of drug-likeness (QED) is 0.782. The van der Waals surface area contributed by atoms with Gasteiger partial charge in [-0.05, 0) is 43.4 Å². The number of aliphatic hydroxyl groups excluding tert-OH is 1. The summed E-state index contributed by atoms with van der Waals surface area (Å²) in [7, 11) is 1.63. The maximum absolute atomic E-state index is 11.9. The monoisotopic (exact) mass is 308 g/mol. The van der Waals surface area contributed by atoms with E-state index in [1.807, 2.05) is 24.3 Å². The molecule has 0 heterocycles. The average molecular weight is 308 g/mol. The highest BCUT2D eigenvalue weighted by molar-refractivity contribution is 5.73. The lowest BCUT2D eigenvalue weighted by atomic mass is 9.97. The number of rotatable bonds is 7.